The van der Waals surface area contributed by atoms with Gasteiger partial charge in [0.1, 0.15) is 16.2 Å². The summed E-state index contributed by atoms with van der Waals surface area (Å²) >= 11 is 3.43. The number of piperidine rings is 1. The maximum Gasteiger partial charge on any atom is 0.131 e. The van der Waals surface area contributed by atoms with Crippen LogP contribution in [0.4, 0.5) is 5.82 Å². The monoisotopic (exact) mass is 298 g/mol. The van der Waals surface area contributed by atoms with E-state index in [0.29, 0.717) is 6.04 Å². The Bertz CT molecular complexity index is 383. The van der Waals surface area contributed by atoms with Gasteiger partial charge in [-0.1, -0.05) is 6.92 Å². The highest BCUT2D eigenvalue weighted by Crippen LogP contribution is 2.17. The second kappa shape index (κ2) is 5.78. The van der Waals surface area contributed by atoms with E-state index in [1.807, 2.05) is 6.07 Å². The number of aromatic nitrogens is 2. The lowest BCUT2D eigenvalue weighted by molar-refractivity contribution is 0.260. The van der Waals surface area contributed by atoms with Gasteiger partial charge >= 0.3 is 0 Å². The molecule has 0 spiro atoms. The second-order valence-corrected chi connectivity index (χ2v) is 5.40. The van der Waals surface area contributed by atoms with E-state index in [1.165, 1.54) is 19.4 Å². The number of rotatable bonds is 3. The summed E-state index contributed by atoms with van der Waals surface area (Å²) in [6.45, 7) is 4.36. The fourth-order valence-electron chi connectivity index (χ4n) is 2.19. The zero-order valence-electron chi connectivity index (χ0n) is 10.4. The minimum atomic E-state index is 0.500. The zero-order valence-corrected chi connectivity index (χ0v) is 12.0. The number of aryl methyl sites for hydroxylation is 1. The van der Waals surface area contributed by atoms with Crippen LogP contribution in [0.15, 0.2) is 10.7 Å². The van der Waals surface area contributed by atoms with Crippen LogP contribution in [0.25, 0.3) is 0 Å². The molecule has 1 N–H and O–H groups in total. The first kappa shape index (κ1) is 12.8. The van der Waals surface area contributed by atoms with Crippen LogP contribution in [0, 0.1) is 0 Å². The van der Waals surface area contributed by atoms with Crippen LogP contribution in [0.5, 0.6) is 0 Å². The number of halogens is 1. The SMILES string of the molecule is CCc1nc(Br)cc(NC2CCCN(C)C2)n1. The molecule has 0 bridgehead atoms. The van der Waals surface area contributed by atoms with Crippen molar-refractivity contribution in [2.24, 2.45) is 0 Å². The molecule has 0 amide bonds. The molecule has 2 heterocycles. The van der Waals surface area contributed by atoms with Crippen LogP contribution in [-0.4, -0.2) is 41.0 Å². The molecule has 94 valence electrons. The van der Waals surface area contributed by atoms with Crippen LogP contribution in [0.3, 0.4) is 0 Å². The second-order valence-electron chi connectivity index (χ2n) is 4.59. The predicted molar refractivity (Wildman–Crippen MR) is 73.3 cm³/mol. The quantitative estimate of drug-likeness (QED) is 0.870. The molecule has 0 saturated carbocycles. The molecule has 1 aromatic heterocycles. The largest absolute Gasteiger partial charge is 0.366 e. The molecule has 0 aromatic carbocycles. The maximum absolute atomic E-state index is 4.50. The fraction of sp³-hybridized carbons (Fsp3) is 0.667. The minimum Gasteiger partial charge on any atom is -0.366 e. The molecule has 4 nitrogen and oxygen atoms in total. The molecule has 1 aromatic rings. The van der Waals surface area contributed by atoms with E-state index >= 15 is 0 Å². The molecular weight excluding hydrogens is 280 g/mol. The third-order valence-corrected chi connectivity index (χ3v) is 3.44. The van der Waals surface area contributed by atoms with Crippen LogP contribution in [0.2, 0.25) is 0 Å². The Morgan fingerprint density at radius 3 is 3.06 bits per heavy atom. The standard InChI is InChI=1S/C12H19BrN4/c1-3-11-15-10(13)7-12(16-11)14-9-5-4-6-17(2)8-9/h7,9H,3-6,8H2,1-2H3,(H,14,15,16). The minimum absolute atomic E-state index is 0.500. The van der Waals surface area contributed by atoms with Crippen molar-refractivity contribution in [3.8, 4) is 0 Å². The summed E-state index contributed by atoms with van der Waals surface area (Å²) in [5, 5.41) is 3.50. The van der Waals surface area contributed by atoms with Crippen LogP contribution >= 0.6 is 15.9 Å². The lowest BCUT2D eigenvalue weighted by Gasteiger charge is -2.30. The topological polar surface area (TPSA) is 41.1 Å². The summed E-state index contributed by atoms with van der Waals surface area (Å²) in [5.74, 6) is 1.81. The van der Waals surface area contributed by atoms with Gasteiger partial charge in [-0.2, -0.15) is 0 Å². The molecule has 2 rings (SSSR count). The van der Waals surface area contributed by atoms with Crippen LogP contribution in [0.1, 0.15) is 25.6 Å². The molecule has 1 aliphatic heterocycles. The van der Waals surface area contributed by atoms with Gasteiger partial charge in [-0.25, -0.2) is 9.97 Å². The van der Waals surface area contributed by atoms with Crippen molar-refractivity contribution in [2.75, 3.05) is 25.5 Å². The molecule has 0 aliphatic carbocycles. The summed E-state index contributed by atoms with van der Waals surface area (Å²) < 4.78 is 0.857. The molecule has 5 heteroatoms. The van der Waals surface area contributed by atoms with Gasteiger partial charge in [0.05, 0.1) is 0 Å². The Balaban J connectivity index is 2.04. The van der Waals surface area contributed by atoms with Gasteiger partial charge in [-0.15, -0.1) is 0 Å². The Kier molecular flexibility index (Phi) is 4.34. The lowest BCUT2D eigenvalue weighted by Crippen LogP contribution is -2.39. The molecule has 1 unspecified atom stereocenters. The van der Waals surface area contributed by atoms with Crippen molar-refractivity contribution in [2.45, 2.75) is 32.2 Å². The van der Waals surface area contributed by atoms with E-state index < -0.39 is 0 Å². The lowest BCUT2D eigenvalue weighted by atomic mass is 10.1. The fourth-order valence-corrected chi connectivity index (χ4v) is 2.61. The van der Waals surface area contributed by atoms with Crippen molar-refractivity contribution >= 4 is 21.7 Å². The van der Waals surface area contributed by atoms with E-state index in [1.54, 1.807) is 0 Å². The Morgan fingerprint density at radius 2 is 2.35 bits per heavy atom. The third-order valence-electron chi connectivity index (χ3n) is 3.03. The first-order chi connectivity index (χ1) is 8.17. The van der Waals surface area contributed by atoms with Gasteiger partial charge in [0.15, 0.2) is 0 Å². The summed E-state index contributed by atoms with van der Waals surface area (Å²) in [5.41, 5.74) is 0. The highest BCUT2D eigenvalue weighted by Gasteiger charge is 2.17. The predicted octanol–water partition coefficient (Wildman–Crippen LogP) is 2.31. The Morgan fingerprint density at radius 1 is 1.53 bits per heavy atom. The highest BCUT2D eigenvalue weighted by molar-refractivity contribution is 9.10. The first-order valence-corrected chi connectivity index (χ1v) is 6.95. The molecule has 1 saturated heterocycles. The van der Waals surface area contributed by atoms with Crippen LogP contribution in [-0.2, 0) is 6.42 Å². The smallest absolute Gasteiger partial charge is 0.131 e. The molecular formula is C12H19BrN4. The number of likely N-dealkylation sites (tertiary alicyclic amines) is 1. The number of likely N-dealkylation sites (N-methyl/N-ethyl adjacent to an activating group) is 1. The summed E-state index contributed by atoms with van der Waals surface area (Å²) in [4.78, 5) is 11.2. The molecule has 1 aliphatic rings. The average molecular weight is 299 g/mol. The molecule has 1 atom stereocenters. The third kappa shape index (κ3) is 3.64. The van der Waals surface area contributed by atoms with Crippen molar-refractivity contribution in [1.82, 2.24) is 14.9 Å². The summed E-state index contributed by atoms with van der Waals surface area (Å²) in [7, 11) is 2.17. The number of nitrogens with one attached hydrogen (secondary N) is 1. The first-order valence-electron chi connectivity index (χ1n) is 6.16. The molecule has 1 fully saturated rings. The van der Waals surface area contributed by atoms with E-state index in [4.69, 9.17) is 0 Å². The van der Waals surface area contributed by atoms with Gasteiger partial charge in [0.25, 0.3) is 0 Å². The van der Waals surface area contributed by atoms with Crippen molar-refractivity contribution in [3.63, 3.8) is 0 Å². The Labute approximate surface area is 111 Å². The van der Waals surface area contributed by atoms with Gasteiger partial charge in [0, 0.05) is 25.1 Å². The molecule has 0 radical (unpaired) electrons. The van der Waals surface area contributed by atoms with E-state index in [9.17, 15) is 0 Å². The van der Waals surface area contributed by atoms with Gasteiger partial charge < -0.3 is 10.2 Å². The number of hydrogen-bond acceptors (Lipinski definition) is 4. The average Bonchev–Trinajstić information content (AvgIpc) is 2.28. The highest BCUT2D eigenvalue weighted by atomic mass is 79.9. The zero-order chi connectivity index (χ0) is 12.3. The van der Waals surface area contributed by atoms with Crippen molar-refractivity contribution < 1.29 is 0 Å². The van der Waals surface area contributed by atoms with Gasteiger partial charge in [-0.3, -0.25) is 0 Å². The van der Waals surface area contributed by atoms with Crippen LogP contribution < -0.4 is 5.32 Å². The summed E-state index contributed by atoms with van der Waals surface area (Å²) in [6, 6.07) is 2.45. The van der Waals surface area contributed by atoms with Crippen molar-refractivity contribution in [1.29, 1.82) is 0 Å². The van der Waals surface area contributed by atoms with E-state index in [-0.39, 0.29) is 0 Å². The summed E-state index contributed by atoms with van der Waals surface area (Å²) in [6.07, 6.45) is 3.33. The van der Waals surface area contributed by atoms with Gasteiger partial charge in [-0.05, 0) is 42.4 Å². The van der Waals surface area contributed by atoms with Crippen molar-refractivity contribution in [3.05, 3.63) is 16.5 Å². The number of nitrogens with zero attached hydrogens (tertiary/aromatic N) is 3. The number of anilines is 1. The van der Waals surface area contributed by atoms with E-state index in [2.05, 4.69) is 50.1 Å². The maximum atomic E-state index is 4.50. The number of hydrogen-bond donors (Lipinski definition) is 1. The normalized spacial score (nSPS) is 21.5. The van der Waals surface area contributed by atoms with Gasteiger partial charge in [0.2, 0.25) is 0 Å². The molecule has 17 heavy (non-hydrogen) atoms. The Hall–Kier alpha value is -0.680. The van der Waals surface area contributed by atoms with E-state index in [0.717, 1.165) is 29.2 Å².